The Labute approximate surface area is 109 Å². The predicted molar refractivity (Wildman–Crippen MR) is 78.5 cm³/mol. The molecule has 0 aliphatic rings. The molecule has 0 aromatic carbocycles. The molecule has 0 aromatic heterocycles. The Bertz CT molecular complexity index is 198. The van der Waals surface area contributed by atoms with E-state index in [1.54, 1.807) is 0 Å². The molecule has 0 radical (unpaired) electrons. The fourth-order valence-corrected chi connectivity index (χ4v) is 1.70. The second-order valence-electron chi connectivity index (χ2n) is 7.58. The summed E-state index contributed by atoms with van der Waals surface area (Å²) in [5.74, 6) is 0. The van der Waals surface area contributed by atoms with Crippen molar-refractivity contribution in [1.82, 2.24) is 10.2 Å². The van der Waals surface area contributed by atoms with Gasteiger partial charge in [-0.2, -0.15) is 0 Å². The number of nitrogens with zero attached hydrogens (tertiary/aromatic N) is 1. The van der Waals surface area contributed by atoms with E-state index < -0.39 is 0 Å². The zero-order valence-corrected chi connectivity index (χ0v) is 13.4. The van der Waals surface area contributed by atoms with Crippen molar-refractivity contribution in [2.24, 2.45) is 10.8 Å². The van der Waals surface area contributed by atoms with E-state index in [4.69, 9.17) is 0 Å². The van der Waals surface area contributed by atoms with E-state index in [0.29, 0.717) is 16.9 Å². The summed E-state index contributed by atoms with van der Waals surface area (Å²) in [5, 5.41) is 3.54. The Hall–Kier alpha value is -0.0800. The van der Waals surface area contributed by atoms with Crippen LogP contribution in [0, 0.1) is 10.8 Å². The van der Waals surface area contributed by atoms with Crippen molar-refractivity contribution >= 4 is 0 Å². The number of nitrogens with one attached hydrogen (secondary N) is 1. The highest BCUT2D eigenvalue weighted by atomic mass is 15.1. The molecule has 1 atom stereocenters. The molecule has 0 bridgehead atoms. The lowest BCUT2D eigenvalue weighted by atomic mass is 9.87. The van der Waals surface area contributed by atoms with Crippen LogP contribution in [0.3, 0.4) is 0 Å². The minimum atomic E-state index is 0.361. The highest BCUT2D eigenvalue weighted by Crippen LogP contribution is 2.22. The van der Waals surface area contributed by atoms with Crippen LogP contribution < -0.4 is 5.32 Å². The van der Waals surface area contributed by atoms with Gasteiger partial charge >= 0.3 is 0 Å². The monoisotopic (exact) mass is 242 g/mol. The number of rotatable bonds is 6. The molecule has 2 nitrogen and oxygen atoms in total. The summed E-state index contributed by atoms with van der Waals surface area (Å²) in [5.41, 5.74) is 0.803. The first-order valence-corrected chi connectivity index (χ1v) is 6.95. The first-order valence-electron chi connectivity index (χ1n) is 6.95. The molecule has 0 aliphatic carbocycles. The Morgan fingerprint density at radius 2 is 1.53 bits per heavy atom. The van der Waals surface area contributed by atoms with Crippen molar-refractivity contribution in [2.75, 3.05) is 26.7 Å². The maximum absolute atomic E-state index is 3.54. The lowest BCUT2D eigenvalue weighted by Gasteiger charge is -2.35. The third-order valence-electron chi connectivity index (χ3n) is 3.61. The molecule has 0 fully saturated rings. The Morgan fingerprint density at radius 3 is 1.94 bits per heavy atom. The molecule has 1 N–H and O–H groups in total. The molecule has 0 heterocycles. The normalized spacial score (nSPS) is 15.4. The largest absolute Gasteiger partial charge is 0.315 e. The molecule has 0 rings (SSSR count). The zero-order chi connectivity index (χ0) is 13.7. The van der Waals surface area contributed by atoms with Crippen LogP contribution in [-0.2, 0) is 0 Å². The Kier molecular flexibility index (Phi) is 6.71. The first-order chi connectivity index (χ1) is 7.54. The summed E-state index contributed by atoms with van der Waals surface area (Å²) in [4.78, 5) is 2.45. The van der Waals surface area contributed by atoms with Crippen molar-refractivity contribution in [3.8, 4) is 0 Å². The van der Waals surface area contributed by atoms with Gasteiger partial charge in [-0.25, -0.2) is 0 Å². The summed E-state index contributed by atoms with van der Waals surface area (Å²) in [7, 11) is 2.22. The van der Waals surface area contributed by atoms with E-state index in [9.17, 15) is 0 Å². The van der Waals surface area contributed by atoms with Gasteiger partial charge in [0.15, 0.2) is 0 Å². The first kappa shape index (κ1) is 16.9. The summed E-state index contributed by atoms with van der Waals surface area (Å²) < 4.78 is 0. The molecule has 2 heteroatoms. The maximum atomic E-state index is 3.54. The smallest absolute Gasteiger partial charge is 0.0113 e. The maximum Gasteiger partial charge on any atom is 0.0113 e. The van der Waals surface area contributed by atoms with E-state index in [0.717, 1.165) is 19.6 Å². The van der Waals surface area contributed by atoms with Crippen molar-refractivity contribution in [3.05, 3.63) is 0 Å². The predicted octanol–water partition coefficient (Wildman–Crippen LogP) is 3.38. The molecular weight excluding hydrogens is 208 g/mol. The summed E-state index contributed by atoms with van der Waals surface area (Å²) in [6.07, 6.45) is 1.24. The molecule has 0 amide bonds. The molecule has 0 saturated heterocycles. The quantitative estimate of drug-likeness (QED) is 0.718. The van der Waals surface area contributed by atoms with Crippen molar-refractivity contribution in [3.63, 3.8) is 0 Å². The van der Waals surface area contributed by atoms with Crippen LogP contribution in [-0.4, -0.2) is 37.6 Å². The van der Waals surface area contributed by atoms with Crippen molar-refractivity contribution in [2.45, 2.75) is 60.9 Å². The Balaban J connectivity index is 3.69. The molecule has 0 aliphatic heterocycles. The van der Waals surface area contributed by atoms with Gasteiger partial charge in [0, 0.05) is 19.1 Å². The number of likely N-dealkylation sites (N-methyl/N-ethyl adjacent to an activating group) is 1. The van der Waals surface area contributed by atoms with Gasteiger partial charge in [-0.3, -0.25) is 0 Å². The van der Waals surface area contributed by atoms with Crippen molar-refractivity contribution in [1.29, 1.82) is 0 Å². The second-order valence-corrected chi connectivity index (χ2v) is 7.58. The average Bonchev–Trinajstić information content (AvgIpc) is 2.12. The van der Waals surface area contributed by atoms with E-state index >= 15 is 0 Å². The zero-order valence-electron chi connectivity index (χ0n) is 13.4. The van der Waals surface area contributed by atoms with Gasteiger partial charge in [0.25, 0.3) is 0 Å². The van der Waals surface area contributed by atoms with E-state index in [1.807, 2.05) is 0 Å². The molecule has 0 aromatic rings. The van der Waals surface area contributed by atoms with E-state index in [1.165, 1.54) is 6.42 Å². The van der Waals surface area contributed by atoms with Crippen LogP contribution in [0.2, 0.25) is 0 Å². The van der Waals surface area contributed by atoms with Crippen LogP contribution in [0.5, 0.6) is 0 Å². The highest BCUT2D eigenvalue weighted by Gasteiger charge is 2.23. The van der Waals surface area contributed by atoms with Gasteiger partial charge < -0.3 is 10.2 Å². The fraction of sp³-hybridized carbons (Fsp3) is 1.00. The lowest BCUT2D eigenvalue weighted by molar-refractivity contribution is 0.141. The van der Waals surface area contributed by atoms with Gasteiger partial charge in [-0.1, -0.05) is 41.5 Å². The van der Waals surface area contributed by atoms with Gasteiger partial charge in [0.05, 0.1) is 0 Å². The minimum absolute atomic E-state index is 0.361. The summed E-state index contributed by atoms with van der Waals surface area (Å²) >= 11 is 0. The van der Waals surface area contributed by atoms with E-state index in [2.05, 4.69) is 65.7 Å². The third-order valence-corrected chi connectivity index (χ3v) is 3.61. The number of hydrogen-bond donors (Lipinski definition) is 1. The van der Waals surface area contributed by atoms with Crippen LogP contribution in [0.25, 0.3) is 0 Å². The van der Waals surface area contributed by atoms with Gasteiger partial charge in [-0.15, -0.1) is 0 Å². The third kappa shape index (κ3) is 8.62. The van der Waals surface area contributed by atoms with Gasteiger partial charge in [0.1, 0.15) is 0 Å². The summed E-state index contributed by atoms with van der Waals surface area (Å²) in [6, 6.07) is 0.618. The van der Waals surface area contributed by atoms with Crippen LogP contribution in [0.1, 0.15) is 54.9 Å². The van der Waals surface area contributed by atoms with Crippen molar-refractivity contribution < 1.29 is 0 Å². The molecular formula is C15H34N2. The van der Waals surface area contributed by atoms with Gasteiger partial charge in [-0.05, 0) is 37.8 Å². The second kappa shape index (κ2) is 6.75. The summed E-state index contributed by atoms with van der Waals surface area (Å²) in [6.45, 7) is 19.5. The molecule has 0 spiro atoms. The topological polar surface area (TPSA) is 15.3 Å². The minimum Gasteiger partial charge on any atom is -0.315 e. The molecule has 0 saturated carbocycles. The number of hydrogen-bond acceptors (Lipinski definition) is 2. The molecule has 104 valence electrons. The Morgan fingerprint density at radius 1 is 1.00 bits per heavy atom. The van der Waals surface area contributed by atoms with Crippen LogP contribution >= 0.6 is 0 Å². The van der Waals surface area contributed by atoms with Crippen LogP contribution in [0.15, 0.2) is 0 Å². The fourth-order valence-electron chi connectivity index (χ4n) is 1.70. The van der Waals surface area contributed by atoms with E-state index in [-0.39, 0.29) is 0 Å². The average molecular weight is 242 g/mol. The van der Waals surface area contributed by atoms with Crippen LogP contribution in [0.4, 0.5) is 0 Å². The highest BCUT2D eigenvalue weighted by molar-refractivity contribution is 4.77. The van der Waals surface area contributed by atoms with Gasteiger partial charge in [0.2, 0.25) is 0 Å². The molecule has 1 unspecified atom stereocenters. The molecule has 17 heavy (non-hydrogen) atoms. The SMILES string of the molecule is CC(N(C)CCNCCC(C)(C)C)C(C)(C)C. The lowest BCUT2D eigenvalue weighted by Crippen LogP contribution is -2.42. The standard InChI is InChI=1S/C15H34N2/c1-13(15(5,6)7)17(8)12-11-16-10-9-14(2,3)4/h13,16H,9-12H2,1-8H3.